The van der Waals surface area contributed by atoms with Gasteiger partial charge in [-0.15, -0.1) is 0 Å². The minimum absolute atomic E-state index is 0.138. The monoisotopic (exact) mass is 693 g/mol. The highest BCUT2D eigenvalue weighted by Crippen LogP contribution is 2.45. The normalized spacial score (nSPS) is 22.8. The maximum atomic E-state index is 15.1. The van der Waals surface area contributed by atoms with Crippen molar-refractivity contribution in [2.45, 2.75) is 80.3 Å². The Balaban J connectivity index is 1.07. The maximum absolute atomic E-state index is 15.1. The van der Waals surface area contributed by atoms with E-state index in [4.69, 9.17) is 16.6 Å². The van der Waals surface area contributed by atoms with Gasteiger partial charge in [0.2, 0.25) is 0 Å². The molecule has 0 unspecified atom stereocenters. The number of para-hydroxylation sites is 2. The average Bonchev–Trinajstić information content (AvgIpc) is 3.54. The molecule has 12 heteroatoms. The standard InChI is InChI=1S/C36H41ClFN5O4S/c1-24-39-32-10-6-7-11-33(32)43(24)28-20-26-12-13-27(21-28)42(26)19-16-36(25-8-4-3-5-9-25)14-17-41(18-15-36)35(44)29-22-34(30(37)23-31(29)38)48(45,46)40-47-2/h3-11,22-23,26-28,40H,12-21H2,1-2H3/t26-,27+,28+. The van der Waals surface area contributed by atoms with E-state index in [0.717, 1.165) is 69.2 Å². The van der Waals surface area contributed by atoms with E-state index in [1.807, 2.05) is 11.0 Å². The number of aromatic nitrogens is 2. The zero-order valence-corrected chi connectivity index (χ0v) is 28.8. The lowest BCUT2D eigenvalue weighted by molar-refractivity contribution is 0.0603. The van der Waals surface area contributed by atoms with Gasteiger partial charge in [0.25, 0.3) is 15.9 Å². The Morgan fingerprint density at radius 1 is 1.02 bits per heavy atom. The fraction of sp³-hybridized carbons (Fsp3) is 0.444. The molecule has 1 amide bonds. The van der Waals surface area contributed by atoms with Gasteiger partial charge in [0.05, 0.1) is 28.7 Å². The summed E-state index contributed by atoms with van der Waals surface area (Å²) in [6.45, 7) is 3.95. The summed E-state index contributed by atoms with van der Waals surface area (Å²) in [4.78, 5) is 28.9. The van der Waals surface area contributed by atoms with E-state index in [1.165, 1.54) is 23.9 Å². The smallest absolute Gasteiger partial charge is 0.263 e. The van der Waals surface area contributed by atoms with Gasteiger partial charge >= 0.3 is 0 Å². The van der Waals surface area contributed by atoms with E-state index < -0.39 is 26.6 Å². The quantitative estimate of drug-likeness (QED) is 0.204. The molecule has 3 saturated heterocycles. The Bertz CT molecular complexity index is 1920. The molecule has 1 N–H and O–H groups in total. The van der Waals surface area contributed by atoms with Crippen LogP contribution in [0, 0.1) is 12.7 Å². The van der Waals surface area contributed by atoms with Crippen molar-refractivity contribution in [1.82, 2.24) is 24.2 Å². The number of likely N-dealkylation sites (tertiary alicyclic amines) is 1. The molecule has 7 rings (SSSR count). The van der Waals surface area contributed by atoms with Crippen LogP contribution in [-0.2, 0) is 20.3 Å². The molecule has 3 fully saturated rings. The predicted octanol–water partition coefficient (Wildman–Crippen LogP) is 6.41. The molecule has 3 aromatic carbocycles. The summed E-state index contributed by atoms with van der Waals surface area (Å²) < 4.78 is 42.7. The molecule has 3 aliphatic heterocycles. The van der Waals surface area contributed by atoms with Crippen molar-refractivity contribution < 1.29 is 22.4 Å². The molecule has 3 aliphatic rings. The second kappa shape index (κ2) is 13.2. The van der Waals surface area contributed by atoms with E-state index in [2.05, 4.69) is 69.8 Å². The molecule has 9 nitrogen and oxygen atoms in total. The van der Waals surface area contributed by atoms with E-state index in [0.29, 0.717) is 31.2 Å². The first-order valence-corrected chi connectivity index (χ1v) is 18.5. The van der Waals surface area contributed by atoms with Crippen molar-refractivity contribution in [2.24, 2.45) is 0 Å². The first-order valence-electron chi connectivity index (χ1n) is 16.7. The molecule has 4 aromatic rings. The van der Waals surface area contributed by atoms with Crippen LogP contribution in [0.3, 0.4) is 0 Å². The number of hydrogen-bond donors (Lipinski definition) is 1. The predicted molar refractivity (Wildman–Crippen MR) is 183 cm³/mol. The second-order valence-electron chi connectivity index (χ2n) is 13.5. The zero-order chi connectivity index (χ0) is 33.6. The molecule has 3 atom stereocenters. The highest BCUT2D eigenvalue weighted by molar-refractivity contribution is 7.89. The van der Waals surface area contributed by atoms with Crippen molar-refractivity contribution in [2.75, 3.05) is 26.7 Å². The molecule has 0 saturated carbocycles. The number of amides is 1. The van der Waals surface area contributed by atoms with Crippen LogP contribution in [-0.4, -0.2) is 72.5 Å². The van der Waals surface area contributed by atoms with Crippen molar-refractivity contribution in [3.63, 3.8) is 0 Å². The van der Waals surface area contributed by atoms with Gasteiger partial charge in [-0.3, -0.25) is 14.5 Å². The second-order valence-corrected chi connectivity index (χ2v) is 15.5. The molecular formula is C36H41ClFN5O4S. The number of hydrogen-bond acceptors (Lipinski definition) is 6. The molecule has 0 aliphatic carbocycles. The highest BCUT2D eigenvalue weighted by atomic mass is 35.5. The van der Waals surface area contributed by atoms with Gasteiger partial charge < -0.3 is 9.47 Å². The van der Waals surface area contributed by atoms with Gasteiger partial charge in [-0.05, 0) is 93.7 Å². The highest BCUT2D eigenvalue weighted by Gasteiger charge is 2.44. The van der Waals surface area contributed by atoms with Crippen LogP contribution < -0.4 is 4.89 Å². The molecule has 1 aromatic heterocycles. The van der Waals surface area contributed by atoms with Crippen LogP contribution in [0.1, 0.15) is 72.7 Å². The van der Waals surface area contributed by atoms with Crippen LogP contribution >= 0.6 is 11.6 Å². The van der Waals surface area contributed by atoms with Crippen LogP contribution in [0.4, 0.5) is 4.39 Å². The Kier molecular flexibility index (Phi) is 9.10. The molecular weight excluding hydrogens is 653 g/mol. The van der Waals surface area contributed by atoms with Crippen LogP contribution in [0.15, 0.2) is 71.6 Å². The number of halogens is 2. The van der Waals surface area contributed by atoms with Gasteiger partial charge in [-0.2, -0.15) is 0 Å². The van der Waals surface area contributed by atoms with Gasteiger partial charge in [-0.1, -0.05) is 59.0 Å². The SMILES string of the molecule is CONS(=O)(=O)c1cc(C(=O)N2CCC(CCN3[C@@H]4CC[C@H]3C[C@@H](n3c(C)nc5ccccc53)C4)(c3ccccc3)CC2)c(F)cc1Cl. The van der Waals surface area contributed by atoms with Crippen molar-refractivity contribution >= 4 is 38.6 Å². The van der Waals surface area contributed by atoms with Crippen molar-refractivity contribution in [1.29, 1.82) is 0 Å². The zero-order valence-electron chi connectivity index (χ0n) is 27.2. The first-order chi connectivity index (χ1) is 23.1. The summed E-state index contributed by atoms with van der Waals surface area (Å²) >= 11 is 6.06. The number of aryl methyl sites for hydroxylation is 1. The van der Waals surface area contributed by atoms with E-state index >= 15 is 4.39 Å². The number of rotatable bonds is 9. The number of nitrogens with zero attached hydrogens (tertiary/aromatic N) is 4. The molecule has 0 spiro atoms. The molecule has 2 bridgehead atoms. The minimum Gasteiger partial charge on any atom is -0.338 e. The molecule has 48 heavy (non-hydrogen) atoms. The Labute approximate surface area is 286 Å². The summed E-state index contributed by atoms with van der Waals surface area (Å²) in [5, 5.41) is -0.332. The number of piperidine rings is 2. The molecule has 4 heterocycles. The third-order valence-electron chi connectivity index (χ3n) is 11.0. The first kappa shape index (κ1) is 33.2. The fourth-order valence-corrected chi connectivity index (χ4v) is 9.98. The topological polar surface area (TPSA) is 96.8 Å². The number of imidazole rings is 1. The van der Waals surface area contributed by atoms with Gasteiger partial charge in [0.1, 0.15) is 16.5 Å². The summed E-state index contributed by atoms with van der Waals surface area (Å²) in [5.74, 6) is -0.331. The van der Waals surface area contributed by atoms with Gasteiger partial charge in [0, 0.05) is 31.2 Å². The third-order valence-corrected chi connectivity index (χ3v) is 12.7. The van der Waals surface area contributed by atoms with Crippen LogP contribution in [0.25, 0.3) is 11.0 Å². The lowest BCUT2D eigenvalue weighted by Crippen LogP contribution is -2.49. The van der Waals surface area contributed by atoms with Gasteiger partial charge in [0.15, 0.2) is 0 Å². The van der Waals surface area contributed by atoms with Crippen LogP contribution in [0.2, 0.25) is 5.02 Å². The van der Waals surface area contributed by atoms with E-state index in [1.54, 1.807) is 4.90 Å². The summed E-state index contributed by atoms with van der Waals surface area (Å²) in [7, 11) is -3.06. The Morgan fingerprint density at radius 2 is 1.69 bits per heavy atom. The minimum atomic E-state index is -4.20. The number of nitrogens with one attached hydrogen (secondary N) is 1. The third kappa shape index (κ3) is 6.04. The van der Waals surface area contributed by atoms with Gasteiger partial charge in [-0.25, -0.2) is 17.8 Å². The fourth-order valence-electron chi connectivity index (χ4n) is 8.63. The van der Waals surface area contributed by atoms with Crippen molar-refractivity contribution in [3.05, 3.63) is 94.5 Å². The number of benzene rings is 3. The lowest BCUT2D eigenvalue weighted by atomic mass is 9.70. The lowest BCUT2D eigenvalue weighted by Gasteiger charge is -2.45. The average molecular weight is 694 g/mol. The number of fused-ring (bicyclic) bond motifs is 3. The van der Waals surface area contributed by atoms with E-state index in [9.17, 15) is 13.2 Å². The van der Waals surface area contributed by atoms with E-state index in [-0.39, 0.29) is 16.0 Å². The Morgan fingerprint density at radius 3 is 2.38 bits per heavy atom. The number of carbonyl (C=O) groups is 1. The van der Waals surface area contributed by atoms with Crippen molar-refractivity contribution in [3.8, 4) is 0 Å². The molecule has 0 radical (unpaired) electrons. The summed E-state index contributed by atoms with van der Waals surface area (Å²) in [5.41, 5.74) is 3.08. The Hall–Kier alpha value is -3.35. The summed E-state index contributed by atoms with van der Waals surface area (Å²) in [6.07, 6.45) is 7.05. The van der Waals surface area contributed by atoms with Crippen LogP contribution in [0.5, 0.6) is 0 Å². The maximum Gasteiger partial charge on any atom is 0.263 e. The number of sulfonamides is 1. The largest absolute Gasteiger partial charge is 0.338 e. The number of carbonyl (C=O) groups excluding carboxylic acids is 1. The molecule has 254 valence electrons. The summed E-state index contributed by atoms with van der Waals surface area (Å²) in [6, 6.07) is 22.3.